The summed E-state index contributed by atoms with van der Waals surface area (Å²) < 4.78 is 0. The van der Waals surface area contributed by atoms with Crippen molar-refractivity contribution in [3.8, 4) is 0 Å². The number of carboxylic acids is 1. The first kappa shape index (κ1) is 11.0. The Labute approximate surface area is 83.3 Å². The van der Waals surface area contributed by atoms with E-state index in [1.165, 1.54) is 0 Å². The zero-order valence-electron chi connectivity index (χ0n) is 8.56. The monoisotopic (exact) mass is 200 g/mol. The van der Waals surface area contributed by atoms with Gasteiger partial charge in [-0.2, -0.15) is 0 Å². The fourth-order valence-corrected chi connectivity index (χ4v) is 1.72. The minimum Gasteiger partial charge on any atom is -0.481 e. The van der Waals surface area contributed by atoms with E-state index in [1.807, 2.05) is 11.8 Å². The summed E-state index contributed by atoms with van der Waals surface area (Å²) in [6, 6.07) is -0.476. The van der Waals surface area contributed by atoms with Gasteiger partial charge < -0.3 is 10.0 Å². The quantitative estimate of drug-likeness (QED) is 0.675. The first-order valence-electron chi connectivity index (χ1n) is 4.77. The van der Waals surface area contributed by atoms with Crippen LogP contribution < -0.4 is 0 Å². The van der Waals surface area contributed by atoms with Gasteiger partial charge in [0.25, 0.3) is 0 Å². The Balaban J connectivity index is 2.71. The molecule has 1 N–H and O–H groups in total. The molecule has 0 aromatic heterocycles. The second kappa shape index (κ2) is 4.41. The Kier molecular flexibility index (Phi) is 3.46. The number of carboxylic acid groups (broad SMARTS) is 1. The highest BCUT2D eigenvalue weighted by Gasteiger charge is 2.33. The molecule has 0 radical (unpaired) electrons. The highest BCUT2D eigenvalue weighted by molar-refractivity contribution is 5.86. The van der Waals surface area contributed by atoms with Crippen molar-refractivity contribution in [1.29, 1.82) is 0 Å². The van der Waals surface area contributed by atoms with Crippen LogP contribution in [0, 0.1) is 0 Å². The van der Waals surface area contributed by atoms with Crippen LogP contribution in [0.15, 0.2) is 0 Å². The molecule has 1 heterocycles. The molecule has 1 amide bonds. The van der Waals surface area contributed by atoms with Crippen LogP contribution in [0.3, 0.4) is 0 Å². The van der Waals surface area contributed by atoms with Gasteiger partial charge in [0.05, 0.1) is 12.5 Å². The van der Waals surface area contributed by atoms with Gasteiger partial charge in [-0.25, -0.2) is 0 Å². The van der Waals surface area contributed by atoms with E-state index in [0.717, 1.165) is 13.1 Å². The number of piperazine rings is 1. The Morgan fingerprint density at radius 3 is 2.71 bits per heavy atom. The standard InChI is InChI=1S/C9H16N2O3/c1-3-11-5-4-10(2)9(14)7(11)6-8(12)13/h7H,3-6H2,1-2H3,(H,12,13)/t7-/m0/s1. The van der Waals surface area contributed by atoms with Crippen molar-refractivity contribution in [2.75, 3.05) is 26.7 Å². The van der Waals surface area contributed by atoms with E-state index in [2.05, 4.69) is 0 Å². The van der Waals surface area contributed by atoms with Crippen molar-refractivity contribution in [3.63, 3.8) is 0 Å². The summed E-state index contributed by atoms with van der Waals surface area (Å²) in [6.07, 6.45) is -0.100. The molecule has 14 heavy (non-hydrogen) atoms. The lowest BCUT2D eigenvalue weighted by molar-refractivity contribution is -0.148. The summed E-state index contributed by atoms with van der Waals surface area (Å²) >= 11 is 0. The van der Waals surface area contributed by atoms with E-state index in [1.54, 1.807) is 11.9 Å². The molecule has 1 aliphatic heterocycles. The first-order valence-corrected chi connectivity index (χ1v) is 4.77. The van der Waals surface area contributed by atoms with Crippen LogP contribution in [0.4, 0.5) is 0 Å². The second-order valence-corrected chi connectivity index (χ2v) is 3.50. The smallest absolute Gasteiger partial charge is 0.305 e. The number of rotatable bonds is 3. The third-order valence-electron chi connectivity index (χ3n) is 2.60. The molecule has 0 spiro atoms. The van der Waals surface area contributed by atoms with E-state index in [4.69, 9.17) is 5.11 Å². The molecule has 0 aliphatic carbocycles. The van der Waals surface area contributed by atoms with Gasteiger partial charge in [-0.1, -0.05) is 6.92 Å². The molecule has 0 unspecified atom stereocenters. The molecule has 80 valence electrons. The maximum Gasteiger partial charge on any atom is 0.305 e. The van der Waals surface area contributed by atoms with E-state index >= 15 is 0 Å². The highest BCUT2D eigenvalue weighted by atomic mass is 16.4. The Morgan fingerprint density at radius 2 is 2.21 bits per heavy atom. The number of hydrogen-bond donors (Lipinski definition) is 1. The summed E-state index contributed by atoms with van der Waals surface area (Å²) in [6.45, 7) is 4.10. The lowest BCUT2D eigenvalue weighted by atomic mass is 10.1. The number of hydrogen-bond acceptors (Lipinski definition) is 3. The fraction of sp³-hybridized carbons (Fsp3) is 0.778. The van der Waals surface area contributed by atoms with Gasteiger partial charge in [0.2, 0.25) is 5.91 Å². The number of carbonyl (C=O) groups is 2. The van der Waals surface area contributed by atoms with Crippen LogP contribution in [0.1, 0.15) is 13.3 Å². The molecule has 1 fully saturated rings. The Morgan fingerprint density at radius 1 is 1.57 bits per heavy atom. The second-order valence-electron chi connectivity index (χ2n) is 3.50. The molecule has 5 nitrogen and oxygen atoms in total. The van der Waals surface area contributed by atoms with Crippen LogP contribution in [-0.4, -0.2) is 59.5 Å². The van der Waals surface area contributed by atoms with Gasteiger partial charge in [-0.15, -0.1) is 0 Å². The number of amides is 1. The van der Waals surface area contributed by atoms with Gasteiger partial charge in [0.1, 0.15) is 0 Å². The predicted octanol–water partition coefficient (Wildman–Crippen LogP) is -0.376. The minimum absolute atomic E-state index is 0.0829. The summed E-state index contributed by atoms with van der Waals surface area (Å²) in [4.78, 5) is 25.7. The lowest BCUT2D eigenvalue weighted by Gasteiger charge is -2.37. The third-order valence-corrected chi connectivity index (χ3v) is 2.60. The van der Waals surface area contributed by atoms with Gasteiger partial charge in [0.15, 0.2) is 0 Å². The van der Waals surface area contributed by atoms with Crippen molar-refractivity contribution in [3.05, 3.63) is 0 Å². The van der Waals surface area contributed by atoms with Crippen LogP contribution >= 0.6 is 0 Å². The average molecular weight is 200 g/mol. The third kappa shape index (κ3) is 2.23. The van der Waals surface area contributed by atoms with Crippen LogP contribution in [0.2, 0.25) is 0 Å². The topological polar surface area (TPSA) is 60.9 Å². The molecule has 0 aromatic carbocycles. The van der Waals surface area contributed by atoms with Gasteiger partial charge >= 0.3 is 5.97 Å². The normalized spacial score (nSPS) is 24.0. The number of aliphatic carboxylic acids is 1. The average Bonchev–Trinajstić information content (AvgIpc) is 2.13. The Hall–Kier alpha value is -1.10. The predicted molar refractivity (Wildman–Crippen MR) is 50.9 cm³/mol. The lowest BCUT2D eigenvalue weighted by Crippen LogP contribution is -2.56. The number of carbonyl (C=O) groups excluding carboxylic acids is 1. The summed E-state index contributed by atoms with van der Waals surface area (Å²) in [5, 5.41) is 8.69. The summed E-state index contributed by atoms with van der Waals surface area (Å²) in [5.74, 6) is -1.00. The maximum absolute atomic E-state index is 11.7. The van der Waals surface area contributed by atoms with Crippen molar-refractivity contribution in [1.82, 2.24) is 9.80 Å². The Bertz CT molecular complexity index is 242. The molecule has 0 bridgehead atoms. The largest absolute Gasteiger partial charge is 0.481 e. The molecule has 5 heteroatoms. The van der Waals surface area contributed by atoms with E-state index in [0.29, 0.717) is 6.54 Å². The molecule has 0 saturated carbocycles. The zero-order valence-corrected chi connectivity index (χ0v) is 8.56. The first-order chi connectivity index (χ1) is 6.56. The molecule has 1 aliphatic rings. The van der Waals surface area contributed by atoms with Crippen molar-refractivity contribution in [2.24, 2.45) is 0 Å². The van der Waals surface area contributed by atoms with E-state index < -0.39 is 12.0 Å². The molecule has 1 saturated heterocycles. The van der Waals surface area contributed by atoms with Crippen LogP contribution in [-0.2, 0) is 9.59 Å². The van der Waals surface area contributed by atoms with Crippen molar-refractivity contribution in [2.45, 2.75) is 19.4 Å². The van der Waals surface area contributed by atoms with E-state index in [-0.39, 0.29) is 12.3 Å². The minimum atomic E-state index is -0.919. The zero-order chi connectivity index (χ0) is 10.7. The molecular weight excluding hydrogens is 184 g/mol. The number of nitrogens with zero attached hydrogens (tertiary/aromatic N) is 2. The SMILES string of the molecule is CCN1CCN(C)C(=O)[C@@H]1CC(=O)O. The summed E-state index contributed by atoms with van der Waals surface area (Å²) in [5.41, 5.74) is 0. The van der Waals surface area contributed by atoms with Crippen molar-refractivity contribution < 1.29 is 14.7 Å². The van der Waals surface area contributed by atoms with Gasteiger partial charge in [-0.3, -0.25) is 14.5 Å². The number of likely N-dealkylation sites (N-methyl/N-ethyl adjacent to an activating group) is 2. The molecule has 0 aromatic rings. The van der Waals surface area contributed by atoms with Crippen LogP contribution in [0.25, 0.3) is 0 Å². The van der Waals surface area contributed by atoms with Crippen LogP contribution in [0.5, 0.6) is 0 Å². The van der Waals surface area contributed by atoms with Gasteiger partial charge in [0, 0.05) is 20.1 Å². The highest BCUT2D eigenvalue weighted by Crippen LogP contribution is 2.12. The van der Waals surface area contributed by atoms with Crippen molar-refractivity contribution >= 4 is 11.9 Å². The molecular formula is C9H16N2O3. The molecule has 1 rings (SSSR count). The van der Waals surface area contributed by atoms with Gasteiger partial charge in [-0.05, 0) is 6.54 Å². The summed E-state index contributed by atoms with van der Waals surface area (Å²) in [7, 11) is 1.71. The molecule has 1 atom stereocenters. The maximum atomic E-state index is 11.7. The van der Waals surface area contributed by atoms with E-state index in [9.17, 15) is 9.59 Å². The fourth-order valence-electron chi connectivity index (χ4n) is 1.72.